The molecule has 0 saturated carbocycles. The van der Waals surface area contributed by atoms with Gasteiger partial charge in [0.1, 0.15) is 0 Å². The van der Waals surface area contributed by atoms with Gasteiger partial charge in [-0.05, 0) is 86.0 Å². The first-order valence-electron chi connectivity index (χ1n) is 14.2. The fourth-order valence-electron chi connectivity index (χ4n) is 6.00. The molecule has 3 heterocycles. The Morgan fingerprint density at radius 2 is 1.45 bits per heavy atom. The van der Waals surface area contributed by atoms with Crippen molar-refractivity contribution in [2.24, 2.45) is 9.98 Å². The summed E-state index contributed by atoms with van der Waals surface area (Å²) in [6.07, 6.45) is 0. The van der Waals surface area contributed by atoms with Crippen LogP contribution in [0, 0.1) is 20.8 Å². The molecular weight excluding hydrogens is 518 g/mol. The molecule has 5 aromatic rings. The zero-order valence-corrected chi connectivity index (χ0v) is 24.5. The SMILES string of the molecule is Cc1cc(C)cc(NC2=Nc3ccccc3N3C2=Nc2c(c(C)nn2-c2ccccc2)C3c2ccc(N(C)C)cc2)c1. The highest BCUT2D eigenvalue weighted by molar-refractivity contribution is 6.51. The van der Waals surface area contributed by atoms with E-state index in [1.165, 1.54) is 11.1 Å². The van der Waals surface area contributed by atoms with Gasteiger partial charge >= 0.3 is 0 Å². The highest BCUT2D eigenvalue weighted by Gasteiger charge is 2.41. The monoisotopic (exact) mass is 551 g/mol. The van der Waals surface area contributed by atoms with Gasteiger partial charge in [-0.3, -0.25) is 0 Å². The third-order valence-electron chi connectivity index (χ3n) is 7.85. The van der Waals surface area contributed by atoms with Crippen molar-refractivity contribution in [2.45, 2.75) is 26.8 Å². The average molecular weight is 552 g/mol. The second kappa shape index (κ2) is 10.0. The molecule has 0 fully saturated rings. The molecule has 7 nitrogen and oxygen atoms in total. The Bertz CT molecular complexity index is 1840. The predicted octanol–water partition coefficient (Wildman–Crippen LogP) is 7.66. The van der Waals surface area contributed by atoms with Crippen LogP contribution in [0.4, 0.5) is 28.6 Å². The highest BCUT2D eigenvalue weighted by atomic mass is 15.4. The summed E-state index contributed by atoms with van der Waals surface area (Å²) in [4.78, 5) is 14.9. The molecule has 1 aromatic heterocycles. The van der Waals surface area contributed by atoms with Crippen molar-refractivity contribution in [1.29, 1.82) is 0 Å². The number of anilines is 3. The third kappa shape index (κ3) is 4.34. The summed E-state index contributed by atoms with van der Waals surface area (Å²) in [5.41, 5.74) is 10.6. The number of aromatic nitrogens is 2. The molecule has 7 heteroatoms. The number of rotatable bonds is 4. The van der Waals surface area contributed by atoms with E-state index in [4.69, 9.17) is 15.1 Å². The first kappa shape index (κ1) is 25.8. The Morgan fingerprint density at radius 1 is 0.762 bits per heavy atom. The van der Waals surface area contributed by atoms with Crippen molar-refractivity contribution in [3.63, 3.8) is 0 Å². The van der Waals surface area contributed by atoms with Crippen LogP contribution in [0.5, 0.6) is 0 Å². The lowest BCUT2D eigenvalue weighted by atomic mass is 9.93. The predicted molar refractivity (Wildman–Crippen MR) is 174 cm³/mol. The molecule has 7 rings (SSSR count). The molecule has 2 aliphatic heterocycles. The number of amidine groups is 2. The van der Waals surface area contributed by atoms with Gasteiger partial charge < -0.3 is 15.1 Å². The van der Waals surface area contributed by atoms with E-state index in [-0.39, 0.29) is 6.04 Å². The standard InChI is InChI=1S/C35H33N7/c1-22-19-23(2)21-26(20-22)36-33-35-38-34-31(24(3)39-42(34)28-11-7-6-8-12-28)32(25-15-17-27(18-16-25)40(4)5)41(35)30-14-10-9-13-29(30)37-33/h6-21,32H,1-5H3,(H,36,37). The Balaban J connectivity index is 1.48. The third-order valence-corrected chi connectivity index (χ3v) is 7.85. The van der Waals surface area contributed by atoms with Gasteiger partial charge in [0.15, 0.2) is 17.5 Å². The summed E-state index contributed by atoms with van der Waals surface area (Å²) in [5, 5.41) is 8.68. The molecule has 42 heavy (non-hydrogen) atoms. The summed E-state index contributed by atoms with van der Waals surface area (Å²) in [7, 11) is 4.13. The number of hydrogen-bond acceptors (Lipinski definition) is 6. The number of para-hydroxylation sites is 3. The van der Waals surface area contributed by atoms with Crippen LogP contribution in [0.25, 0.3) is 5.69 Å². The number of nitrogens with zero attached hydrogens (tertiary/aromatic N) is 6. The number of aliphatic imine (C=N–C) groups is 2. The zero-order chi connectivity index (χ0) is 29.0. The van der Waals surface area contributed by atoms with Crippen LogP contribution in [0.3, 0.4) is 0 Å². The van der Waals surface area contributed by atoms with Crippen molar-refractivity contribution in [1.82, 2.24) is 9.78 Å². The van der Waals surface area contributed by atoms with Gasteiger partial charge in [-0.15, -0.1) is 0 Å². The lowest BCUT2D eigenvalue weighted by Crippen LogP contribution is -2.46. The second-order valence-electron chi connectivity index (χ2n) is 11.2. The van der Waals surface area contributed by atoms with Gasteiger partial charge in [-0.25, -0.2) is 14.7 Å². The maximum atomic E-state index is 5.35. The molecule has 2 aliphatic rings. The van der Waals surface area contributed by atoms with Crippen LogP contribution in [-0.4, -0.2) is 35.5 Å². The molecule has 1 unspecified atom stereocenters. The van der Waals surface area contributed by atoms with Crippen molar-refractivity contribution in [3.8, 4) is 5.69 Å². The number of hydrogen-bond donors (Lipinski definition) is 1. The van der Waals surface area contributed by atoms with E-state index in [0.717, 1.165) is 56.9 Å². The largest absolute Gasteiger partial charge is 0.378 e. The van der Waals surface area contributed by atoms with E-state index in [2.05, 4.69) is 123 Å². The lowest BCUT2D eigenvalue weighted by molar-refractivity contribution is 0.815. The fourth-order valence-corrected chi connectivity index (χ4v) is 6.00. The van der Waals surface area contributed by atoms with Gasteiger partial charge in [0.25, 0.3) is 0 Å². The van der Waals surface area contributed by atoms with Gasteiger partial charge in [0, 0.05) is 31.0 Å². The van der Waals surface area contributed by atoms with Crippen LogP contribution in [0.1, 0.15) is 34.0 Å². The van der Waals surface area contributed by atoms with Crippen LogP contribution in [0.2, 0.25) is 0 Å². The zero-order valence-electron chi connectivity index (χ0n) is 24.5. The first-order valence-corrected chi connectivity index (χ1v) is 14.2. The van der Waals surface area contributed by atoms with Crippen molar-refractivity contribution >= 4 is 40.2 Å². The minimum Gasteiger partial charge on any atom is -0.378 e. The summed E-state index contributed by atoms with van der Waals surface area (Å²) in [6.45, 7) is 6.31. The van der Waals surface area contributed by atoms with Crippen LogP contribution in [0.15, 0.2) is 107 Å². The highest BCUT2D eigenvalue weighted by Crippen LogP contribution is 2.48. The maximum absolute atomic E-state index is 5.35. The van der Waals surface area contributed by atoms with E-state index in [0.29, 0.717) is 5.84 Å². The van der Waals surface area contributed by atoms with E-state index in [1.54, 1.807) is 0 Å². The Labute approximate surface area is 246 Å². The average Bonchev–Trinajstić information content (AvgIpc) is 3.32. The summed E-state index contributed by atoms with van der Waals surface area (Å²) >= 11 is 0. The lowest BCUT2D eigenvalue weighted by Gasteiger charge is -2.40. The molecular formula is C35H33N7. The number of fused-ring (bicyclic) bond motifs is 4. The topological polar surface area (TPSA) is 61.1 Å². The Hall–Kier alpha value is -5.17. The van der Waals surface area contributed by atoms with Crippen molar-refractivity contribution in [2.75, 3.05) is 29.2 Å². The molecule has 1 N–H and O–H groups in total. The van der Waals surface area contributed by atoms with E-state index in [1.807, 2.05) is 28.9 Å². The normalized spacial score (nSPS) is 15.3. The minimum absolute atomic E-state index is 0.158. The summed E-state index contributed by atoms with van der Waals surface area (Å²) in [5.74, 6) is 2.29. The fraction of sp³-hybridized carbons (Fsp3) is 0.171. The first-order chi connectivity index (χ1) is 20.4. The molecule has 1 atom stereocenters. The van der Waals surface area contributed by atoms with Crippen molar-refractivity contribution < 1.29 is 0 Å². The molecule has 0 spiro atoms. The molecule has 208 valence electrons. The van der Waals surface area contributed by atoms with Crippen LogP contribution in [-0.2, 0) is 0 Å². The Kier molecular flexibility index (Phi) is 6.16. The maximum Gasteiger partial charge on any atom is 0.179 e. The summed E-state index contributed by atoms with van der Waals surface area (Å²) < 4.78 is 1.96. The summed E-state index contributed by atoms with van der Waals surface area (Å²) in [6, 6.07) is 33.6. The van der Waals surface area contributed by atoms with E-state index in [9.17, 15) is 0 Å². The van der Waals surface area contributed by atoms with Gasteiger partial charge in [0.2, 0.25) is 0 Å². The molecule has 0 saturated heterocycles. The smallest absolute Gasteiger partial charge is 0.179 e. The minimum atomic E-state index is -0.158. The van der Waals surface area contributed by atoms with Crippen molar-refractivity contribution in [3.05, 3.63) is 125 Å². The van der Waals surface area contributed by atoms with Gasteiger partial charge in [0.05, 0.1) is 28.8 Å². The van der Waals surface area contributed by atoms with E-state index < -0.39 is 0 Å². The van der Waals surface area contributed by atoms with Crippen LogP contribution < -0.4 is 15.1 Å². The molecule has 0 radical (unpaired) electrons. The van der Waals surface area contributed by atoms with Crippen LogP contribution >= 0.6 is 0 Å². The number of aryl methyl sites for hydroxylation is 3. The molecule has 4 aromatic carbocycles. The molecule has 0 bridgehead atoms. The molecule has 0 aliphatic carbocycles. The Morgan fingerprint density at radius 3 is 2.17 bits per heavy atom. The second-order valence-corrected chi connectivity index (χ2v) is 11.2. The number of benzene rings is 4. The number of nitrogens with one attached hydrogen (secondary N) is 1. The van der Waals surface area contributed by atoms with Gasteiger partial charge in [-0.2, -0.15) is 5.10 Å². The van der Waals surface area contributed by atoms with Gasteiger partial charge in [-0.1, -0.05) is 48.5 Å². The molecule has 0 amide bonds. The quantitative estimate of drug-likeness (QED) is 0.249. The van der Waals surface area contributed by atoms with E-state index >= 15 is 0 Å².